The number of ether oxygens (including phenoxy) is 3. The standard InChI is InChI=1S/C34H42N2O4/c1-6-24-9-8-10-25(7-2)33(24)35-32(37)19-36-18-28(27-15-23(5)34-31(17-27)39-21-40-34)16-30(36)26-11-13-29(14-12-26)38-20-22(3)4/h8-15,17,22,28,30H,6-7,16,18-21H2,1-5H3,(H,35,37)/t28-,30?/m1/s1. The summed E-state index contributed by atoms with van der Waals surface area (Å²) < 4.78 is 17.3. The van der Waals surface area contributed by atoms with Crippen molar-refractivity contribution in [1.29, 1.82) is 0 Å². The third-order valence-corrected chi connectivity index (χ3v) is 8.01. The zero-order valence-corrected chi connectivity index (χ0v) is 24.5. The minimum Gasteiger partial charge on any atom is -0.493 e. The van der Waals surface area contributed by atoms with E-state index in [0.29, 0.717) is 19.1 Å². The molecule has 3 aromatic carbocycles. The molecule has 0 bridgehead atoms. The highest BCUT2D eigenvalue weighted by Gasteiger charge is 2.36. The van der Waals surface area contributed by atoms with E-state index in [4.69, 9.17) is 14.2 Å². The monoisotopic (exact) mass is 542 g/mol. The summed E-state index contributed by atoms with van der Waals surface area (Å²) in [6.07, 6.45) is 2.68. The van der Waals surface area contributed by atoms with Crippen molar-refractivity contribution in [3.8, 4) is 17.2 Å². The number of likely N-dealkylation sites (tertiary alicyclic amines) is 1. The van der Waals surface area contributed by atoms with Gasteiger partial charge in [-0.2, -0.15) is 0 Å². The molecule has 1 N–H and O–H groups in total. The van der Waals surface area contributed by atoms with Crippen LogP contribution in [0.25, 0.3) is 0 Å². The number of aryl methyl sites for hydroxylation is 3. The molecular weight excluding hydrogens is 500 g/mol. The quantitative estimate of drug-likeness (QED) is 0.297. The smallest absolute Gasteiger partial charge is 0.238 e. The van der Waals surface area contributed by atoms with Crippen LogP contribution in [-0.2, 0) is 17.6 Å². The number of anilines is 1. The maximum Gasteiger partial charge on any atom is 0.238 e. The van der Waals surface area contributed by atoms with Crippen molar-refractivity contribution in [2.75, 3.05) is 31.8 Å². The molecule has 40 heavy (non-hydrogen) atoms. The van der Waals surface area contributed by atoms with E-state index in [9.17, 15) is 4.79 Å². The molecule has 2 heterocycles. The zero-order valence-electron chi connectivity index (χ0n) is 24.5. The summed E-state index contributed by atoms with van der Waals surface area (Å²) >= 11 is 0. The van der Waals surface area contributed by atoms with Gasteiger partial charge in [0.2, 0.25) is 12.7 Å². The van der Waals surface area contributed by atoms with Gasteiger partial charge in [0.1, 0.15) is 5.75 Å². The number of rotatable bonds is 10. The van der Waals surface area contributed by atoms with Gasteiger partial charge in [0.25, 0.3) is 0 Å². The zero-order chi connectivity index (χ0) is 28.2. The van der Waals surface area contributed by atoms with Crippen LogP contribution in [0.15, 0.2) is 54.6 Å². The molecular formula is C34H42N2O4. The van der Waals surface area contributed by atoms with Crippen LogP contribution >= 0.6 is 0 Å². The summed E-state index contributed by atoms with van der Waals surface area (Å²) in [6.45, 7) is 12.7. The van der Waals surface area contributed by atoms with E-state index < -0.39 is 0 Å². The number of fused-ring (bicyclic) bond motifs is 1. The van der Waals surface area contributed by atoms with Crippen LogP contribution in [0.2, 0.25) is 0 Å². The van der Waals surface area contributed by atoms with Gasteiger partial charge < -0.3 is 19.5 Å². The number of hydrogen-bond acceptors (Lipinski definition) is 5. The first kappa shape index (κ1) is 28.0. The largest absolute Gasteiger partial charge is 0.493 e. The van der Waals surface area contributed by atoms with Crippen molar-refractivity contribution in [3.05, 3.63) is 82.4 Å². The number of nitrogens with zero attached hydrogens (tertiary/aromatic N) is 1. The molecule has 0 saturated carbocycles. The summed E-state index contributed by atoms with van der Waals surface area (Å²) in [7, 11) is 0. The minimum absolute atomic E-state index is 0.0278. The van der Waals surface area contributed by atoms with Gasteiger partial charge in [0.05, 0.1) is 13.2 Å². The van der Waals surface area contributed by atoms with E-state index in [1.807, 2.05) is 0 Å². The normalized spacial score (nSPS) is 18.4. The lowest BCUT2D eigenvalue weighted by Crippen LogP contribution is -2.33. The highest BCUT2D eigenvalue weighted by molar-refractivity contribution is 5.94. The van der Waals surface area contributed by atoms with Crippen LogP contribution in [0.4, 0.5) is 5.69 Å². The Labute approximate surface area is 238 Å². The Bertz CT molecular complexity index is 1310. The fraction of sp³-hybridized carbons (Fsp3) is 0.441. The van der Waals surface area contributed by atoms with Crippen LogP contribution < -0.4 is 19.5 Å². The van der Waals surface area contributed by atoms with Crippen LogP contribution in [-0.4, -0.2) is 37.3 Å². The third-order valence-electron chi connectivity index (χ3n) is 8.01. The lowest BCUT2D eigenvalue weighted by molar-refractivity contribution is -0.117. The van der Waals surface area contributed by atoms with E-state index in [1.54, 1.807) is 0 Å². The SMILES string of the molecule is CCc1cccc(CC)c1NC(=O)CN1C[C@H](c2cc(C)c3c(c2)OCO3)CC1c1ccc(OCC(C)C)cc1. The topological polar surface area (TPSA) is 60.0 Å². The number of nitrogens with one attached hydrogen (secondary N) is 1. The highest BCUT2D eigenvalue weighted by Crippen LogP contribution is 2.44. The molecule has 1 saturated heterocycles. The predicted octanol–water partition coefficient (Wildman–Crippen LogP) is 7.05. The van der Waals surface area contributed by atoms with Gasteiger partial charge in [-0.25, -0.2) is 0 Å². The van der Waals surface area contributed by atoms with Crippen molar-refractivity contribution >= 4 is 11.6 Å². The lowest BCUT2D eigenvalue weighted by atomic mass is 9.92. The number of carbonyl (C=O) groups excluding carboxylic acids is 1. The van der Waals surface area contributed by atoms with Gasteiger partial charge >= 0.3 is 0 Å². The first-order chi connectivity index (χ1) is 19.4. The number of amides is 1. The van der Waals surface area contributed by atoms with Crippen LogP contribution in [0.1, 0.15) is 73.9 Å². The fourth-order valence-electron chi connectivity index (χ4n) is 5.93. The second-order valence-electron chi connectivity index (χ2n) is 11.4. The molecule has 5 rings (SSSR count). The summed E-state index contributed by atoms with van der Waals surface area (Å²) in [5.41, 5.74) is 6.85. The second-order valence-corrected chi connectivity index (χ2v) is 11.4. The average molecular weight is 543 g/mol. The predicted molar refractivity (Wildman–Crippen MR) is 160 cm³/mol. The maximum atomic E-state index is 13.5. The van der Waals surface area contributed by atoms with Gasteiger partial charge in [-0.15, -0.1) is 0 Å². The summed E-state index contributed by atoms with van der Waals surface area (Å²) in [5, 5.41) is 3.28. The molecule has 0 aromatic heterocycles. The van der Waals surface area contributed by atoms with E-state index in [0.717, 1.165) is 54.3 Å². The Morgan fingerprint density at radius 3 is 2.42 bits per heavy atom. The lowest BCUT2D eigenvalue weighted by Gasteiger charge is -2.25. The number of hydrogen-bond donors (Lipinski definition) is 1. The van der Waals surface area contributed by atoms with E-state index in [2.05, 4.69) is 99.4 Å². The van der Waals surface area contributed by atoms with E-state index >= 15 is 0 Å². The number of carbonyl (C=O) groups is 1. The molecule has 3 aromatic rings. The molecule has 6 heteroatoms. The number of benzene rings is 3. The molecule has 212 valence electrons. The molecule has 2 aliphatic heterocycles. The van der Waals surface area contributed by atoms with Gasteiger partial charge in [0.15, 0.2) is 11.5 Å². The minimum atomic E-state index is 0.0278. The van der Waals surface area contributed by atoms with Gasteiger partial charge in [-0.05, 0) is 84.0 Å². The molecule has 0 aliphatic carbocycles. The van der Waals surface area contributed by atoms with Crippen LogP contribution in [0, 0.1) is 12.8 Å². The third kappa shape index (κ3) is 6.12. The van der Waals surface area contributed by atoms with E-state index in [-0.39, 0.29) is 24.7 Å². The van der Waals surface area contributed by atoms with Crippen molar-refractivity contribution in [3.63, 3.8) is 0 Å². The Balaban J connectivity index is 1.39. The average Bonchev–Trinajstić information content (AvgIpc) is 3.60. The summed E-state index contributed by atoms with van der Waals surface area (Å²) in [5.74, 6) is 3.31. The summed E-state index contributed by atoms with van der Waals surface area (Å²) in [6, 6.07) is 19.2. The molecule has 2 atom stereocenters. The molecule has 2 aliphatic rings. The van der Waals surface area contributed by atoms with Crippen LogP contribution in [0.3, 0.4) is 0 Å². The molecule has 1 fully saturated rings. The molecule has 1 unspecified atom stereocenters. The van der Waals surface area contributed by atoms with Crippen molar-refractivity contribution in [2.24, 2.45) is 5.92 Å². The first-order valence-corrected chi connectivity index (χ1v) is 14.6. The fourth-order valence-corrected chi connectivity index (χ4v) is 5.93. The molecule has 6 nitrogen and oxygen atoms in total. The van der Waals surface area contributed by atoms with Crippen molar-refractivity contribution < 1.29 is 19.0 Å². The highest BCUT2D eigenvalue weighted by atomic mass is 16.7. The van der Waals surface area contributed by atoms with Crippen molar-refractivity contribution in [1.82, 2.24) is 4.90 Å². The van der Waals surface area contributed by atoms with Gasteiger partial charge in [-0.1, -0.05) is 64.1 Å². The second kappa shape index (κ2) is 12.3. The Morgan fingerprint density at radius 2 is 1.75 bits per heavy atom. The first-order valence-electron chi connectivity index (χ1n) is 14.6. The Kier molecular flexibility index (Phi) is 8.65. The van der Waals surface area contributed by atoms with Gasteiger partial charge in [0, 0.05) is 18.3 Å². The summed E-state index contributed by atoms with van der Waals surface area (Å²) in [4.78, 5) is 15.8. The Morgan fingerprint density at radius 1 is 1.02 bits per heavy atom. The van der Waals surface area contributed by atoms with E-state index in [1.165, 1.54) is 22.3 Å². The molecule has 1 amide bonds. The molecule has 0 radical (unpaired) electrons. The van der Waals surface area contributed by atoms with Gasteiger partial charge in [-0.3, -0.25) is 9.69 Å². The van der Waals surface area contributed by atoms with Crippen molar-refractivity contribution in [2.45, 2.75) is 65.8 Å². The maximum absolute atomic E-state index is 13.5. The molecule has 0 spiro atoms. The Hall–Kier alpha value is -3.51. The van der Waals surface area contributed by atoms with Crippen LogP contribution in [0.5, 0.6) is 17.2 Å². The number of para-hydroxylation sites is 1.